The van der Waals surface area contributed by atoms with Crippen molar-refractivity contribution in [1.29, 1.82) is 0 Å². The third-order valence-corrected chi connectivity index (χ3v) is 3.12. The van der Waals surface area contributed by atoms with Gasteiger partial charge in [0.2, 0.25) is 5.28 Å². The third kappa shape index (κ3) is 2.37. The molecule has 0 saturated heterocycles. The van der Waals surface area contributed by atoms with Gasteiger partial charge in [-0.2, -0.15) is 4.98 Å². The van der Waals surface area contributed by atoms with E-state index in [4.69, 9.17) is 11.6 Å². The summed E-state index contributed by atoms with van der Waals surface area (Å²) in [5.41, 5.74) is 2.85. The number of fused-ring (bicyclic) bond motifs is 1. The van der Waals surface area contributed by atoms with Crippen LogP contribution in [-0.2, 0) is 6.54 Å². The summed E-state index contributed by atoms with van der Waals surface area (Å²) in [5, 5.41) is 4.42. The number of anilines is 1. The van der Waals surface area contributed by atoms with Crippen LogP contribution in [0.2, 0.25) is 5.28 Å². The van der Waals surface area contributed by atoms with Crippen molar-refractivity contribution in [2.45, 2.75) is 13.5 Å². The van der Waals surface area contributed by atoms with E-state index in [1.807, 2.05) is 31.3 Å². The summed E-state index contributed by atoms with van der Waals surface area (Å²) in [6.07, 6.45) is 3.60. The molecule has 3 aromatic rings. The summed E-state index contributed by atoms with van der Waals surface area (Å²) in [6.45, 7) is 2.63. The van der Waals surface area contributed by atoms with Gasteiger partial charge in [0, 0.05) is 24.6 Å². The maximum absolute atomic E-state index is 5.90. The number of aromatic amines is 1. The van der Waals surface area contributed by atoms with Crippen LogP contribution in [0.25, 0.3) is 11.0 Å². The molecule has 19 heavy (non-hydrogen) atoms. The van der Waals surface area contributed by atoms with Crippen LogP contribution < -0.4 is 5.32 Å². The molecule has 6 heteroatoms. The van der Waals surface area contributed by atoms with Crippen molar-refractivity contribution in [3.63, 3.8) is 0 Å². The van der Waals surface area contributed by atoms with E-state index >= 15 is 0 Å². The van der Waals surface area contributed by atoms with Gasteiger partial charge < -0.3 is 10.3 Å². The van der Waals surface area contributed by atoms with Gasteiger partial charge in [0.15, 0.2) is 0 Å². The van der Waals surface area contributed by atoms with Gasteiger partial charge in [0.05, 0.1) is 5.39 Å². The average molecular weight is 274 g/mol. The molecule has 0 unspecified atom stereocenters. The molecule has 5 nitrogen and oxygen atoms in total. The minimum Gasteiger partial charge on any atom is -0.365 e. The molecule has 0 aliphatic carbocycles. The molecule has 0 saturated carbocycles. The Balaban J connectivity index is 1.90. The van der Waals surface area contributed by atoms with Crippen molar-refractivity contribution in [2.24, 2.45) is 0 Å². The molecule has 0 aliphatic heterocycles. The second kappa shape index (κ2) is 4.85. The van der Waals surface area contributed by atoms with Gasteiger partial charge in [-0.05, 0) is 36.2 Å². The van der Waals surface area contributed by atoms with E-state index in [2.05, 4.69) is 25.3 Å². The lowest BCUT2D eigenvalue weighted by Gasteiger charge is -2.08. The van der Waals surface area contributed by atoms with Crippen molar-refractivity contribution < 1.29 is 0 Å². The van der Waals surface area contributed by atoms with Gasteiger partial charge in [-0.1, -0.05) is 6.07 Å². The Bertz CT molecular complexity index is 722. The molecular weight excluding hydrogens is 262 g/mol. The first kappa shape index (κ1) is 11.9. The van der Waals surface area contributed by atoms with E-state index in [9.17, 15) is 0 Å². The quantitative estimate of drug-likeness (QED) is 0.720. The van der Waals surface area contributed by atoms with Gasteiger partial charge in [0.1, 0.15) is 11.5 Å². The minimum atomic E-state index is 0.223. The Hall–Kier alpha value is -2.14. The normalized spacial score (nSPS) is 10.8. The zero-order chi connectivity index (χ0) is 13.2. The molecule has 0 bridgehead atoms. The standard InChI is InChI=1S/C13H12ClN5/c1-8-9(3-2-5-15-8)7-17-12-10-4-6-16-11(10)18-13(14)19-12/h2-6H,7H2,1H3,(H2,16,17,18,19). The fraction of sp³-hybridized carbons (Fsp3) is 0.154. The van der Waals surface area contributed by atoms with Crippen LogP contribution in [-0.4, -0.2) is 19.9 Å². The van der Waals surface area contributed by atoms with E-state index < -0.39 is 0 Å². The van der Waals surface area contributed by atoms with Crippen LogP contribution in [0, 0.1) is 6.92 Å². The summed E-state index contributed by atoms with van der Waals surface area (Å²) < 4.78 is 0. The van der Waals surface area contributed by atoms with E-state index in [1.54, 1.807) is 6.20 Å². The fourth-order valence-electron chi connectivity index (χ4n) is 1.93. The number of nitrogens with zero attached hydrogens (tertiary/aromatic N) is 3. The number of aromatic nitrogens is 4. The number of H-pyrrole nitrogens is 1. The first-order chi connectivity index (χ1) is 9.24. The molecular formula is C13H12ClN5. The van der Waals surface area contributed by atoms with Crippen molar-refractivity contribution in [2.75, 3.05) is 5.32 Å². The SMILES string of the molecule is Cc1ncccc1CNc1nc(Cl)nc2[nH]ccc12. The Morgan fingerprint density at radius 1 is 1.32 bits per heavy atom. The molecule has 96 valence electrons. The monoisotopic (exact) mass is 273 g/mol. The summed E-state index contributed by atoms with van der Waals surface area (Å²) in [6, 6.07) is 5.87. The highest BCUT2D eigenvalue weighted by Gasteiger charge is 2.07. The minimum absolute atomic E-state index is 0.223. The van der Waals surface area contributed by atoms with Crippen molar-refractivity contribution in [3.05, 3.63) is 47.1 Å². The summed E-state index contributed by atoms with van der Waals surface area (Å²) in [5.74, 6) is 0.722. The van der Waals surface area contributed by atoms with Crippen molar-refractivity contribution in [1.82, 2.24) is 19.9 Å². The molecule has 0 amide bonds. The lowest BCUT2D eigenvalue weighted by Crippen LogP contribution is -2.04. The molecule has 3 rings (SSSR count). The Morgan fingerprint density at radius 3 is 3.05 bits per heavy atom. The van der Waals surface area contributed by atoms with Gasteiger partial charge >= 0.3 is 0 Å². The van der Waals surface area contributed by atoms with Crippen LogP contribution in [0.4, 0.5) is 5.82 Å². The number of aryl methyl sites for hydroxylation is 1. The zero-order valence-electron chi connectivity index (χ0n) is 10.3. The maximum atomic E-state index is 5.90. The number of hydrogen-bond donors (Lipinski definition) is 2. The number of rotatable bonds is 3. The van der Waals surface area contributed by atoms with Crippen LogP contribution in [0.1, 0.15) is 11.3 Å². The van der Waals surface area contributed by atoms with Crippen molar-refractivity contribution >= 4 is 28.5 Å². The van der Waals surface area contributed by atoms with Crippen LogP contribution in [0.5, 0.6) is 0 Å². The van der Waals surface area contributed by atoms with Crippen molar-refractivity contribution in [3.8, 4) is 0 Å². The highest BCUT2D eigenvalue weighted by atomic mass is 35.5. The van der Waals surface area contributed by atoms with Gasteiger partial charge in [-0.3, -0.25) is 4.98 Å². The molecule has 0 aliphatic rings. The van der Waals surface area contributed by atoms with Crippen LogP contribution in [0.3, 0.4) is 0 Å². The Labute approximate surface area is 115 Å². The lowest BCUT2D eigenvalue weighted by atomic mass is 10.2. The van der Waals surface area contributed by atoms with Gasteiger partial charge in [0.25, 0.3) is 0 Å². The van der Waals surface area contributed by atoms with Gasteiger partial charge in [-0.25, -0.2) is 4.98 Å². The van der Waals surface area contributed by atoms with Gasteiger partial charge in [-0.15, -0.1) is 0 Å². The molecule has 2 N–H and O–H groups in total. The molecule has 0 radical (unpaired) electrons. The first-order valence-corrected chi connectivity index (χ1v) is 6.27. The number of halogens is 1. The second-order valence-electron chi connectivity index (χ2n) is 4.18. The summed E-state index contributed by atoms with van der Waals surface area (Å²) >= 11 is 5.90. The maximum Gasteiger partial charge on any atom is 0.226 e. The zero-order valence-corrected chi connectivity index (χ0v) is 11.1. The highest BCUT2D eigenvalue weighted by Crippen LogP contribution is 2.21. The van der Waals surface area contributed by atoms with E-state index in [1.165, 1.54) is 0 Å². The average Bonchev–Trinajstić information content (AvgIpc) is 2.85. The summed E-state index contributed by atoms with van der Waals surface area (Å²) in [4.78, 5) is 15.6. The third-order valence-electron chi connectivity index (χ3n) is 2.95. The summed E-state index contributed by atoms with van der Waals surface area (Å²) in [7, 11) is 0. The van der Waals surface area contributed by atoms with E-state index in [0.29, 0.717) is 6.54 Å². The molecule has 0 spiro atoms. The smallest absolute Gasteiger partial charge is 0.226 e. The molecule has 3 heterocycles. The Morgan fingerprint density at radius 2 is 2.21 bits per heavy atom. The predicted molar refractivity (Wildman–Crippen MR) is 75.2 cm³/mol. The molecule has 0 atom stereocenters. The van der Waals surface area contributed by atoms with Crippen LogP contribution in [0.15, 0.2) is 30.6 Å². The second-order valence-corrected chi connectivity index (χ2v) is 4.52. The van der Waals surface area contributed by atoms with Crippen LogP contribution >= 0.6 is 11.6 Å². The van der Waals surface area contributed by atoms with E-state index in [0.717, 1.165) is 28.1 Å². The Kier molecular flexibility index (Phi) is 3.05. The topological polar surface area (TPSA) is 66.5 Å². The fourth-order valence-corrected chi connectivity index (χ4v) is 2.10. The van der Waals surface area contributed by atoms with E-state index in [-0.39, 0.29) is 5.28 Å². The number of pyridine rings is 1. The first-order valence-electron chi connectivity index (χ1n) is 5.89. The number of hydrogen-bond acceptors (Lipinski definition) is 4. The molecule has 0 fully saturated rings. The molecule has 0 aromatic carbocycles. The highest BCUT2D eigenvalue weighted by molar-refractivity contribution is 6.28. The molecule has 3 aromatic heterocycles. The predicted octanol–water partition coefficient (Wildman–Crippen LogP) is 2.93. The lowest BCUT2D eigenvalue weighted by molar-refractivity contribution is 1.04. The largest absolute Gasteiger partial charge is 0.365 e. The number of nitrogens with one attached hydrogen (secondary N) is 2.